The number of carbonyl (C=O) groups is 2. The van der Waals surface area contributed by atoms with E-state index >= 15 is 0 Å². The Balaban J connectivity index is 1.70. The van der Waals surface area contributed by atoms with Gasteiger partial charge in [0.1, 0.15) is 5.57 Å². The second-order valence-electron chi connectivity index (χ2n) is 7.14. The Morgan fingerprint density at radius 1 is 0.909 bits per heavy atom. The summed E-state index contributed by atoms with van der Waals surface area (Å²) >= 11 is 11.1. The molecule has 0 saturated carbocycles. The Kier molecular flexibility index (Phi) is 6.05. The number of rotatable bonds is 3. The van der Waals surface area contributed by atoms with Crippen molar-refractivity contribution in [3.63, 3.8) is 0 Å². The predicted octanol–water partition coefficient (Wildman–Crippen LogP) is 5.86. The van der Waals surface area contributed by atoms with Gasteiger partial charge in [-0.2, -0.15) is 13.2 Å². The van der Waals surface area contributed by atoms with Crippen molar-refractivity contribution >= 4 is 52.5 Å². The quantitative estimate of drug-likeness (QED) is 0.287. The van der Waals surface area contributed by atoms with Crippen molar-refractivity contribution in [2.24, 2.45) is 0 Å². The monoisotopic (exact) mass is 486 g/mol. The first-order chi connectivity index (χ1) is 15.6. The summed E-state index contributed by atoms with van der Waals surface area (Å²) in [5.74, 6) is -1.30. The van der Waals surface area contributed by atoms with Gasteiger partial charge >= 0.3 is 6.18 Å². The highest BCUT2D eigenvalue weighted by Crippen LogP contribution is 2.32. The van der Waals surface area contributed by atoms with Crippen molar-refractivity contribution in [1.82, 2.24) is 5.32 Å². The lowest BCUT2D eigenvalue weighted by Gasteiger charge is -2.29. The molecule has 0 radical (unpaired) electrons. The third-order valence-electron chi connectivity index (χ3n) is 4.91. The number of carbonyl (C=O) groups excluding carboxylic acids is 2. The van der Waals surface area contributed by atoms with Gasteiger partial charge < -0.3 is 0 Å². The van der Waals surface area contributed by atoms with Gasteiger partial charge in [0, 0.05) is 5.02 Å². The minimum Gasteiger partial charge on any atom is -0.298 e. The average molecular weight is 487 g/mol. The number of halogens is 4. The molecule has 3 aromatic rings. The molecule has 0 atom stereocenters. The summed E-state index contributed by atoms with van der Waals surface area (Å²) in [7, 11) is 0. The van der Waals surface area contributed by atoms with Crippen molar-refractivity contribution in [3.05, 3.63) is 94.5 Å². The van der Waals surface area contributed by atoms with Crippen LogP contribution in [0.5, 0.6) is 0 Å². The average Bonchev–Trinajstić information content (AvgIpc) is 2.77. The summed E-state index contributed by atoms with van der Waals surface area (Å²) in [6, 6.07) is 17.8. The second-order valence-corrected chi connectivity index (χ2v) is 7.96. The molecule has 1 saturated heterocycles. The zero-order valence-electron chi connectivity index (χ0n) is 16.7. The van der Waals surface area contributed by atoms with Crippen LogP contribution in [0.2, 0.25) is 5.02 Å². The van der Waals surface area contributed by atoms with E-state index in [9.17, 15) is 22.8 Å². The highest BCUT2D eigenvalue weighted by atomic mass is 35.5. The molecular weight excluding hydrogens is 473 g/mol. The largest absolute Gasteiger partial charge is 0.416 e. The van der Waals surface area contributed by atoms with Crippen LogP contribution >= 0.6 is 23.8 Å². The zero-order valence-corrected chi connectivity index (χ0v) is 18.3. The summed E-state index contributed by atoms with van der Waals surface area (Å²) in [6.07, 6.45) is -3.09. The van der Waals surface area contributed by atoms with Crippen LogP contribution in [0.3, 0.4) is 0 Å². The molecule has 166 valence electrons. The Labute approximate surface area is 197 Å². The fraction of sp³-hybridized carbons (Fsp3) is 0.0417. The minimum absolute atomic E-state index is 0.0674. The van der Waals surface area contributed by atoms with E-state index in [1.807, 2.05) is 0 Å². The van der Waals surface area contributed by atoms with Gasteiger partial charge in [-0.15, -0.1) is 0 Å². The Bertz CT molecular complexity index is 1300. The molecule has 2 amide bonds. The lowest BCUT2D eigenvalue weighted by Crippen LogP contribution is -2.54. The molecule has 1 fully saturated rings. The number of thiocarbonyl (C=S) groups is 1. The molecule has 0 unspecified atom stereocenters. The third-order valence-corrected chi connectivity index (χ3v) is 5.44. The molecule has 4 nitrogen and oxygen atoms in total. The Morgan fingerprint density at radius 3 is 2.21 bits per heavy atom. The lowest BCUT2D eigenvalue weighted by molar-refractivity contribution is -0.137. The van der Waals surface area contributed by atoms with Crippen LogP contribution in [0.25, 0.3) is 17.2 Å². The molecule has 1 aliphatic heterocycles. The predicted molar refractivity (Wildman–Crippen MR) is 125 cm³/mol. The summed E-state index contributed by atoms with van der Waals surface area (Å²) in [5.41, 5.74) is 0.820. The van der Waals surface area contributed by atoms with Gasteiger partial charge in [-0.1, -0.05) is 41.9 Å². The highest BCUT2D eigenvalue weighted by molar-refractivity contribution is 7.80. The van der Waals surface area contributed by atoms with Crippen molar-refractivity contribution in [2.45, 2.75) is 6.18 Å². The standard InChI is InChI=1S/C24H14ClF3N2O2S/c25-18-7-9-19(10-8-18)30-22(32)20(21(31)29-23(30)33)12-14-3-1-4-15(11-14)16-5-2-6-17(13-16)24(26,27)28/h1-13H,(H,29,31,33)/b20-12+. The number of hydrogen-bond acceptors (Lipinski definition) is 3. The SMILES string of the molecule is O=C1NC(=S)N(c2ccc(Cl)cc2)C(=O)/C1=C/c1cccc(-c2cccc(C(F)(F)F)c2)c1. The Morgan fingerprint density at radius 2 is 1.55 bits per heavy atom. The molecule has 9 heteroatoms. The van der Waals surface area contributed by atoms with Gasteiger partial charge in [0.2, 0.25) is 0 Å². The third kappa shape index (κ3) is 4.81. The maximum Gasteiger partial charge on any atom is 0.416 e. The van der Waals surface area contributed by atoms with Gasteiger partial charge in [0.05, 0.1) is 11.3 Å². The van der Waals surface area contributed by atoms with E-state index in [1.54, 1.807) is 54.6 Å². The van der Waals surface area contributed by atoms with Crippen LogP contribution in [-0.2, 0) is 15.8 Å². The smallest absolute Gasteiger partial charge is 0.298 e. The van der Waals surface area contributed by atoms with Gasteiger partial charge in [0.15, 0.2) is 5.11 Å². The summed E-state index contributed by atoms with van der Waals surface area (Å²) in [4.78, 5) is 26.8. The normalized spacial score (nSPS) is 15.7. The molecule has 33 heavy (non-hydrogen) atoms. The van der Waals surface area contributed by atoms with Gasteiger partial charge in [-0.05, 0) is 77.4 Å². The van der Waals surface area contributed by atoms with E-state index in [4.69, 9.17) is 23.8 Å². The van der Waals surface area contributed by atoms with Gasteiger partial charge in [-0.25, -0.2) is 0 Å². The second kappa shape index (κ2) is 8.80. The van der Waals surface area contributed by atoms with Crippen LogP contribution in [0.15, 0.2) is 78.4 Å². The molecule has 1 aliphatic rings. The number of amides is 2. The number of alkyl halides is 3. The van der Waals surface area contributed by atoms with E-state index in [0.717, 1.165) is 12.1 Å². The minimum atomic E-state index is -4.47. The summed E-state index contributed by atoms with van der Waals surface area (Å²) < 4.78 is 39.2. The fourth-order valence-electron chi connectivity index (χ4n) is 3.33. The van der Waals surface area contributed by atoms with Crippen molar-refractivity contribution in [3.8, 4) is 11.1 Å². The Hall–Kier alpha value is -3.49. The van der Waals surface area contributed by atoms with Gasteiger partial charge in [0.25, 0.3) is 11.8 Å². The van der Waals surface area contributed by atoms with E-state index in [0.29, 0.717) is 27.4 Å². The fourth-order valence-corrected chi connectivity index (χ4v) is 3.74. The maximum absolute atomic E-state index is 13.1. The molecule has 3 aromatic carbocycles. The molecule has 0 bridgehead atoms. The number of nitrogens with zero attached hydrogens (tertiary/aromatic N) is 1. The maximum atomic E-state index is 13.1. The number of nitrogens with one attached hydrogen (secondary N) is 1. The molecule has 0 spiro atoms. The van der Waals surface area contributed by atoms with E-state index in [1.165, 1.54) is 17.0 Å². The van der Waals surface area contributed by atoms with E-state index < -0.39 is 23.6 Å². The molecular formula is C24H14ClF3N2O2S. The van der Waals surface area contributed by atoms with Crippen molar-refractivity contribution in [1.29, 1.82) is 0 Å². The van der Waals surface area contributed by atoms with Crippen LogP contribution in [0, 0.1) is 0 Å². The number of benzene rings is 3. The molecule has 0 aliphatic carbocycles. The van der Waals surface area contributed by atoms with Crippen molar-refractivity contribution < 1.29 is 22.8 Å². The van der Waals surface area contributed by atoms with E-state index in [2.05, 4.69) is 5.32 Å². The first-order valence-electron chi connectivity index (χ1n) is 9.58. The van der Waals surface area contributed by atoms with Crippen LogP contribution in [0.1, 0.15) is 11.1 Å². The highest BCUT2D eigenvalue weighted by Gasteiger charge is 2.34. The summed E-state index contributed by atoms with van der Waals surface area (Å²) in [6.45, 7) is 0. The molecule has 1 N–H and O–H groups in total. The topological polar surface area (TPSA) is 49.4 Å². The van der Waals surface area contributed by atoms with Crippen LogP contribution in [-0.4, -0.2) is 16.9 Å². The number of anilines is 1. The van der Waals surface area contributed by atoms with Crippen molar-refractivity contribution in [2.75, 3.05) is 4.90 Å². The van der Waals surface area contributed by atoms with E-state index in [-0.39, 0.29) is 10.7 Å². The molecule has 1 heterocycles. The van der Waals surface area contributed by atoms with Crippen LogP contribution < -0.4 is 10.2 Å². The lowest BCUT2D eigenvalue weighted by atomic mass is 9.99. The van der Waals surface area contributed by atoms with Crippen LogP contribution in [0.4, 0.5) is 18.9 Å². The zero-order chi connectivity index (χ0) is 23.8. The first-order valence-corrected chi connectivity index (χ1v) is 10.4. The molecule has 0 aromatic heterocycles. The van der Waals surface area contributed by atoms with Gasteiger partial charge in [-0.3, -0.25) is 19.8 Å². The number of hydrogen-bond donors (Lipinski definition) is 1. The summed E-state index contributed by atoms with van der Waals surface area (Å²) in [5, 5.41) is 2.89. The first kappa shape index (κ1) is 22.7. The molecule has 4 rings (SSSR count).